The summed E-state index contributed by atoms with van der Waals surface area (Å²) in [6.45, 7) is 3.64. The van der Waals surface area contributed by atoms with Crippen LogP contribution in [0, 0.1) is 0 Å². The first-order valence-electron chi connectivity index (χ1n) is 3.81. The fourth-order valence-corrected chi connectivity index (χ4v) is 1.01. The molecule has 0 fully saturated rings. The second-order valence-electron chi connectivity index (χ2n) is 3.09. The van der Waals surface area contributed by atoms with Crippen molar-refractivity contribution in [2.45, 2.75) is 19.4 Å². The van der Waals surface area contributed by atoms with E-state index in [2.05, 4.69) is 10.4 Å². The quantitative estimate of drug-likeness (QED) is 0.691. The van der Waals surface area contributed by atoms with Crippen molar-refractivity contribution in [1.29, 1.82) is 0 Å². The van der Waals surface area contributed by atoms with E-state index in [1.165, 1.54) is 0 Å². The molecule has 1 aromatic rings. The van der Waals surface area contributed by atoms with Gasteiger partial charge in [-0.1, -0.05) is 0 Å². The number of carbonyl (C=O) groups is 1. The SMILES string of the molecule is CNC(=O)C(C)(C)n1cccn1. The van der Waals surface area contributed by atoms with Crippen LogP contribution in [0.1, 0.15) is 13.8 Å². The third-order valence-corrected chi connectivity index (χ3v) is 1.86. The highest BCUT2D eigenvalue weighted by Gasteiger charge is 2.28. The van der Waals surface area contributed by atoms with Gasteiger partial charge in [-0.2, -0.15) is 5.10 Å². The molecule has 1 aromatic heterocycles. The number of likely N-dealkylation sites (N-methyl/N-ethyl adjacent to an activating group) is 1. The second kappa shape index (κ2) is 2.97. The maximum Gasteiger partial charge on any atom is 0.247 e. The minimum atomic E-state index is -0.613. The minimum absolute atomic E-state index is 0.0498. The Hall–Kier alpha value is -1.32. The van der Waals surface area contributed by atoms with Crippen LogP contribution in [-0.2, 0) is 10.3 Å². The van der Waals surface area contributed by atoms with Crippen LogP contribution in [-0.4, -0.2) is 22.7 Å². The summed E-state index contributed by atoms with van der Waals surface area (Å²) in [5.74, 6) is -0.0498. The summed E-state index contributed by atoms with van der Waals surface area (Å²) in [5.41, 5.74) is -0.613. The van der Waals surface area contributed by atoms with Gasteiger partial charge < -0.3 is 5.32 Å². The van der Waals surface area contributed by atoms with Crippen LogP contribution < -0.4 is 5.32 Å². The highest BCUT2D eigenvalue weighted by atomic mass is 16.2. The van der Waals surface area contributed by atoms with Crippen molar-refractivity contribution < 1.29 is 4.79 Å². The molecule has 0 radical (unpaired) electrons. The molecule has 0 spiro atoms. The average molecular weight is 167 g/mol. The summed E-state index contributed by atoms with van der Waals surface area (Å²) in [4.78, 5) is 11.4. The molecule has 12 heavy (non-hydrogen) atoms. The topological polar surface area (TPSA) is 46.9 Å². The first kappa shape index (κ1) is 8.77. The maximum absolute atomic E-state index is 11.4. The lowest BCUT2D eigenvalue weighted by molar-refractivity contribution is -0.128. The van der Waals surface area contributed by atoms with E-state index < -0.39 is 5.54 Å². The summed E-state index contributed by atoms with van der Waals surface area (Å²) in [6.07, 6.45) is 3.43. The molecule has 0 aliphatic carbocycles. The largest absolute Gasteiger partial charge is 0.357 e. The Morgan fingerprint density at radius 1 is 1.58 bits per heavy atom. The van der Waals surface area contributed by atoms with Crippen LogP contribution in [0.2, 0.25) is 0 Å². The maximum atomic E-state index is 11.4. The van der Waals surface area contributed by atoms with Gasteiger partial charge in [0.15, 0.2) is 0 Å². The van der Waals surface area contributed by atoms with Gasteiger partial charge in [0.05, 0.1) is 0 Å². The lowest BCUT2D eigenvalue weighted by Gasteiger charge is -2.22. The Morgan fingerprint density at radius 3 is 2.67 bits per heavy atom. The number of hydrogen-bond donors (Lipinski definition) is 1. The zero-order valence-electron chi connectivity index (χ0n) is 7.53. The molecule has 0 aromatic carbocycles. The van der Waals surface area contributed by atoms with Gasteiger partial charge in [0.1, 0.15) is 5.54 Å². The first-order chi connectivity index (χ1) is 5.59. The molecule has 66 valence electrons. The number of hydrogen-bond acceptors (Lipinski definition) is 2. The molecule has 4 heteroatoms. The van der Waals surface area contributed by atoms with Crippen LogP contribution in [0.4, 0.5) is 0 Å². The van der Waals surface area contributed by atoms with Crippen molar-refractivity contribution in [3.63, 3.8) is 0 Å². The Morgan fingerprint density at radius 2 is 2.25 bits per heavy atom. The van der Waals surface area contributed by atoms with Crippen LogP contribution in [0.15, 0.2) is 18.5 Å². The minimum Gasteiger partial charge on any atom is -0.357 e. The van der Waals surface area contributed by atoms with E-state index in [0.717, 1.165) is 0 Å². The van der Waals surface area contributed by atoms with Crippen molar-refractivity contribution in [1.82, 2.24) is 15.1 Å². The van der Waals surface area contributed by atoms with E-state index in [9.17, 15) is 4.79 Å². The number of nitrogens with one attached hydrogen (secondary N) is 1. The Kier molecular flexibility index (Phi) is 2.17. The standard InChI is InChI=1S/C8H13N3O/c1-8(2,7(12)9-3)11-6-4-5-10-11/h4-6H,1-3H3,(H,9,12). The van der Waals surface area contributed by atoms with Crippen molar-refractivity contribution in [3.05, 3.63) is 18.5 Å². The van der Waals surface area contributed by atoms with Gasteiger partial charge in [0.2, 0.25) is 5.91 Å². The van der Waals surface area contributed by atoms with E-state index >= 15 is 0 Å². The van der Waals surface area contributed by atoms with Gasteiger partial charge in [0.25, 0.3) is 0 Å². The van der Waals surface area contributed by atoms with Gasteiger partial charge in [0, 0.05) is 19.4 Å². The number of nitrogens with zero attached hydrogens (tertiary/aromatic N) is 2. The summed E-state index contributed by atoms with van der Waals surface area (Å²) in [6, 6.07) is 1.80. The normalized spacial score (nSPS) is 11.2. The highest BCUT2D eigenvalue weighted by molar-refractivity contribution is 5.83. The highest BCUT2D eigenvalue weighted by Crippen LogP contribution is 2.12. The Labute approximate surface area is 71.6 Å². The number of carbonyl (C=O) groups excluding carboxylic acids is 1. The number of aromatic nitrogens is 2. The van der Waals surface area contributed by atoms with Crippen LogP contribution in [0.3, 0.4) is 0 Å². The van der Waals surface area contributed by atoms with Crippen LogP contribution in [0.25, 0.3) is 0 Å². The summed E-state index contributed by atoms with van der Waals surface area (Å²) < 4.78 is 1.63. The molecule has 4 nitrogen and oxygen atoms in total. The number of rotatable bonds is 2. The van der Waals surface area contributed by atoms with Crippen LogP contribution >= 0.6 is 0 Å². The predicted octanol–water partition coefficient (Wildman–Crippen LogP) is 0.364. The fraction of sp³-hybridized carbons (Fsp3) is 0.500. The van der Waals surface area contributed by atoms with Crippen LogP contribution in [0.5, 0.6) is 0 Å². The van der Waals surface area contributed by atoms with E-state index in [4.69, 9.17) is 0 Å². The van der Waals surface area contributed by atoms with Gasteiger partial charge in [-0.3, -0.25) is 9.48 Å². The predicted molar refractivity (Wildman–Crippen MR) is 45.6 cm³/mol. The lowest BCUT2D eigenvalue weighted by Crippen LogP contribution is -2.43. The van der Waals surface area contributed by atoms with Gasteiger partial charge in [-0.15, -0.1) is 0 Å². The zero-order chi connectivity index (χ0) is 9.19. The van der Waals surface area contributed by atoms with Crippen molar-refractivity contribution in [3.8, 4) is 0 Å². The summed E-state index contributed by atoms with van der Waals surface area (Å²) in [5, 5.41) is 6.61. The van der Waals surface area contributed by atoms with E-state index in [-0.39, 0.29) is 5.91 Å². The molecule has 0 aliphatic rings. The fourth-order valence-electron chi connectivity index (χ4n) is 1.01. The molecule has 0 unspecified atom stereocenters. The van der Waals surface area contributed by atoms with Gasteiger partial charge >= 0.3 is 0 Å². The van der Waals surface area contributed by atoms with E-state index in [1.807, 2.05) is 13.8 Å². The molecule has 1 heterocycles. The molecule has 0 saturated carbocycles. The molecule has 0 bridgehead atoms. The molecular formula is C8H13N3O. The van der Waals surface area contributed by atoms with Gasteiger partial charge in [-0.25, -0.2) is 0 Å². The Balaban J connectivity index is 2.93. The number of amides is 1. The summed E-state index contributed by atoms with van der Waals surface area (Å²) >= 11 is 0. The molecule has 0 atom stereocenters. The van der Waals surface area contributed by atoms with E-state index in [1.54, 1.807) is 30.2 Å². The lowest BCUT2D eigenvalue weighted by atomic mass is 10.1. The smallest absolute Gasteiger partial charge is 0.247 e. The van der Waals surface area contributed by atoms with Crippen molar-refractivity contribution >= 4 is 5.91 Å². The first-order valence-corrected chi connectivity index (χ1v) is 3.81. The zero-order valence-corrected chi connectivity index (χ0v) is 7.53. The molecule has 1 rings (SSSR count). The molecule has 0 saturated heterocycles. The monoisotopic (exact) mass is 167 g/mol. The third-order valence-electron chi connectivity index (χ3n) is 1.86. The third kappa shape index (κ3) is 1.32. The Bertz CT molecular complexity index is 264. The summed E-state index contributed by atoms with van der Waals surface area (Å²) in [7, 11) is 1.62. The second-order valence-corrected chi connectivity index (χ2v) is 3.09. The van der Waals surface area contributed by atoms with Crippen molar-refractivity contribution in [2.24, 2.45) is 0 Å². The molecule has 1 amide bonds. The van der Waals surface area contributed by atoms with Crippen molar-refractivity contribution in [2.75, 3.05) is 7.05 Å². The molecule has 1 N–H and O–H groups in total. The average Bonchev–Trinajstić information content (AvgIpc) is 2.55. The molecule has 0 aliphatic heterocycles. The van der Waals surface area contributed by atoms with Gasteiger partial charge in [-0.05, 0) is 19.9 Å². The van der Waals surface area contributed by atoms with E-state index in [0.29, 0.717) is 0 Å². The molecular weight excluding hydrogens is 154 g/mol.